The first-order chi connectivity index (χ1) is 9.20. The summed E-state index contributed by atoms with van der Waals surface area (Å²) in [5.41, 5.74) is 1.08. The van der Waals surface area contributed by atoms with Crippen LogP contribution in [-0.2, 0) is 6.42 Å². The smallest absolute Gasteiger partial charge is 0.137 e. The van der Waals surface area contributed by atoms with Crippen molar-refractivity contribution in [1.29, 1.82) is 0 Å². The van der Waals surface area contributed by atoms with Gasteiger partial charge in [-0.05, 0) is 46.6 Å². The molecule has 0 spiro atoms. The highest BCUT2D eigenvalue weighted by atomic mass is 79.9. The average Bonchev–Trinajstić information content (AvgIpc) is 2.91. The fourth-order valence-corrected chi connectivity index (χ4v) is 2.94. The second-order valence-electron chi connectivity index (χ2n) is 4.31. The highest BCUT2D eigenvalue weighted by Crippen LogP contribution is 2.24. The number of thiazole rings is 1. The van der Waals surface area contributed by atoms with Crippen molar-refractivity contribution in [2.45, 2.75) is 25.8 Å². The molecule has 0 aliphatic rings. The van der Waals surface area contributed by atoms with Gasteiger partial charge in [0.25, 0.3) is 0 Å². The van der Waals surface area contributed by atoms with E-state index in [1.165, 1.54) is 6.07 Å². The highest BCUT2D eigenvalue weighted by Gasteiger charge is 2.14. The molecule has 1 unspecified atom stereocenters. The van der Waals surface area contributed by atoms with Crippen LogP contribution in [0.5, 0.6) is 0 Å². The predicted molar refractivity (Wildman–Crippen MR) is 81.0 cm³/mol. The van der Waals surface area contributed by atoms with Gasteiger partial charge in [0, 0.05) is 24.0 Å². The Kier molecular flexibility index (Phi) is 5.48. The summed E-state index contributed by atoms with van der Waals surface area (Å²) in [7, 11) is 0. The van der Waals surface area contributed by atoms with Crippen molar-refractivity contribution in [3.8, 4) is 0 Å². The number of aromatic nitrogens is 1. The van der Waals surface area contributed by atoms with E-state index < -0.39 is 0 Å². The Morgan fingerprint density at radius 3 is 2.95 bits per heavy atom. The van der Waals surface area contributed by atoms with Gasteiger partial charge in [0.2, 0.25) is 0 Å². The Morgan fingerprint density at radius 2 is 2.32 bits per heavy atom. The number of rotatable bonds is 6. The molecule has 2 rings (SSSR count). The predicted octanol–water partition coefficient (Wildman–Crippen LogP) is 4.33. The Bertz CT molecular complexity index is 516. The molecule has 0 saturated carbocycles. The van der Waals surface area contributed by atoms with E-state index in [1.807, 2.05) is 23.7 Å². The van der Waals surface area contributed by atoms with Crippen molar-refractivity contribution in [1.82, 2.24) is 10.3 Å². The van der Waals surface area contributed by atoms with Gasteiger partial charge in [-0.25, -0.2) is 9.37 Å². The van der Waals surface area contributed by atoms with Crippen LogP contribution < -0.4 is 5.32 Å². The van der Waals surface area contributed by atoms with Crippen LogP contribution in [0.15, 0.2) is 34.2 Å². The van der Waals surface area contributed by atoms with Crippen molar-refractivity contribution >= 4 is 27.3 Å². The lowest BCUT2D eigenvalue weighted by molar-refractivity contribution is 0.526. The van der Waals surface area contributed by atoms with Crippen LogP contribution in [0.2, 0.25) is 0 Å². The van der Waals surface area contributed by atoms with E-state index in [-0.39, 0.29) is 11.9 Å². The van der Waals surface area contributed by atoms with E-state index in [0.717, 1.165) is 30.0 Å². The van der Waals surface area contributed by atoms with Gasteiger partial charge < -0.3 is 5.32 Å². The first kappa shape index (κ1) is 14.6. The molecule has 0 bridgehead atoms. The summed E-state index contributed by atoms with van der Waals surface area (Å²) >= 11 is 4.89. The highest BCUT2D eigenvalue weighted by molar-refractivity contribution is 9.10. The number of nitrogens with one attached hydrogen (secondary N) is 1. The molecule has 0 aliphatic heterocycles. The Morgan fingerprint density at radius 1 is 1.47 bits per heavy atom. The van der Waals surface area contributed by atoms with Crippen molar-refractivity contribution in [3.63, 3.8) is 0 Å². The third kappa shape index (κ3) is 4.09. The first-order valence-electron chi connectivity index (χ1n) is 6.27. The van der Waals surface area contributed by atoms with Gasteiger partial charge in [-0.3, -0.25) is 0 Å². The van der Waals surface area contributed by atoms with Gasteiger partial charge in [0.1, 0.15) is 5.82 Å². The largest absolute Gasteiger partial charge is 0.310 e. The SMILES string of the molecule is CCCNC(Cc1nccs1)c1ccc(F)c(Br)c1. The molecule has 1 heterocycles. The molecule has 1 N–H and O–H groups in total. The number of benzene rings is 1. The molecule has 19 heavy (non-hydrogen) atoms. The molecule has 2 nitrogen and oxygen atoms in total. The minimum Gasteiger partial charge on any atom is -0.310 e. The lowest BCUT2D eigenvalue weighted by Crippen LogP contribution is -2.24. The molecular formula is C14H16BrFN2S. The van der Waals surface area contributed by atoms with Gasteiger partial charge in [-0.1, -0.05) is 13.0 Å². The summed E-state index contributed by atoms with van der Waals surface area (Å²) in [6.07, 6.45) is 3.71. The van der Waals surface area contributed by atoms with Gasteiger partial charge >= 0.3 is 0 Å². The fraction of sp³-hybridized carbons (Fsp3) is 0.357. The molecule has 102 valence electrons. The van der Waals surface area contributed by atoms with Crippen LogP contribution in [-0.4, -0.2) is 11.5 Å². The molecule has 5 heteroatoms. The second-order valence-corrected chi connectivity index (χ2v) is 6.14. The zero-order valence-electron chi connectivity index (χ0n) is 10.7. The van der Waals surface area contributed by atoms with Crippen molar-refractivity contribution in [2.75, 3.05) is 6.54 Å². The maximum absolute atomic E-state index is 13.3. The summed E-state index contributed by atoms with van der Waals surface area (Å²) in [5, 5.41) is 6.56. The molecule has 0 aliphatic carbocycles. The quantitative estimate of drug-likeness (QED) is 0.845. The van der Waals surface area contributed by atoms with E-state index in [1.54, 1.807) is 11.3 Å². The van der Waals surface area contributed by atoms with Gasteiger partial charge in [0.15, 0.2) is 0 Å². The lowest BCUT2D eigenvalue weighted by atomic mass is 10.0. The van der Waals surface area contributed by atoms with E-state index in [9.17, 15) is 4.39 Å². The zero-order valence-corrected chi connectivity index (χ0v) is 13.1. The lowest BCUT2D eigenvalue weighted by Gasteiger charge is -2.18. The van der Waals surface area contributed by atoms with Crippen LogP contribution in [0.1, 0.15) is 30.0 Å². The monoisotopic (exact) mass is 342 g/mol. The first-order valence-corrected chi connectivity index (χ1v) is 7.94. The topological polar surface area (TPSA) is 24.9 Å². The van der Waals surface area contributed by atoms with E-state index in [0.29, 0.717) is 4.47 Å². The molecule has 0 saturated heterocycles. The molecule has 0 amide bonds. The van der Waals surface area contributed by atoms with Gasteiger partial charge in [-0.2, -0.15) is 0 Å². The maximum Gasteiger partial charge on any atom is 0.137 e. The molecule has 1 aromatic heterocycles. The third-order valence-electron chi connectivity index (χ3n) is 2.85. The molecule has 1 atom stereocenters. The summed E-state index contributed by atoms with van der Waals surface area (Å²) in [5.74, 6) is -0.229. The summed E-state index contributed by atoms with van der Waals surface area (Å²) in [4.78, 5) is 4.32. The van der Waals surface area contributed by atoms with Crippen molar-refractivity contribution < 1.29 is 4.39 Å². The Labute approximate surface area is 125 Å². The van der Waals surface area contributed by atoms with E-state index in [2.05, 4.69) is 33.2 Å². The maximum atomic E-state index is 13.3. The third-order valence-corrected chi connectivity index (χ3v) is 4.26. The summed E-state index contributed by atoms with van der Waals surface area (Å²) in [6.45, 7) is 3.07. The van der Waals surface area contributed by atoms with Crippen LogP contribution in [0.25, 0.3) is 0 Å². The molecule has 0 fully saturated rings. The fourth-order valence-electron chi connectivity index (χ4n) is 1.88. The van der Waals surface area contributed by atoms with E-state index >= 15 is 0 Å². The standard InChI is InChI=1S/C14H16BrFN2S/c1-2-5-17-13(9-14-18-6-7-19-14)10-3-4-12(16)11(15)8-10/h3-4,6-8,13,17H,2,5,9H2,1H3. The number of halogens is 2. The minimum atomic E-state index is -0.229. The van der Waals surface area contributed by atoms with E-state index in [4.69, 9.17) is 0 Å². The second kappa shape index (κ2) is 7.12. The van der Waals surface area contributed by atoms with Crippen LogP contribution in [0.4, 0.5) is 4.39 Å². The molecule has 1 aromatic carbocycles. The number of nitrogens with zero attached hydrogens (tertiary/aromatic N) is 1. The van der Waals surface area contributed by atoms with Crippen molar-refractivity contribution in [3.05, 3.63) is 50.6 Å². The summed E-state index contributed by atoms with van der Waals surface area (Å²) in [6, 6.07) is 5.35. The average molecular weight is 343 g/mol. The minimum absolute atomic E-state index is 0.169. The molecule has 0 radical (unpaired) electrons. The van der Waals surface area contributed by atoms with Crippen LogP contribution in [0, 0.1) is 5.82 Å². The number of hydrogen-bond donors (Lipinski definition) is 1. The van der Waals surface area contributed by atoms with Gasteiger partial charge in [0.05, 0.1) is 9.48 Å². The Balaban J connectivity index is 2.18. The summed E-state index contributed by atoms with van der Waals surface area (Å²) < 4.78 is 13.8. The van der Waals surface area contributed by atoms with Crippen LogP contribution >= 0.6 is 27.3 Å². The Hall–Kier alpha value is -0.780. The van der Waals surface area contributed by atoms with Crippen molar-refractivity contribution in [2.24, 2.45) is 0 Å². The number of hydrogen-bond acceptors (Lipinski definition) is 3. The van der Waals surface area contributed by atoms with Crippen LogP contribution in [0.3, 0.4) is 0 Å². The molecule has 2 aromatic rings. The normalized spacial score (nSPS) is 12.6. The zero-order chi connectivity index (χ0) is 13.7. The van der Waals surface area contributed by atoms with Gasteiger partial charge in [-0.15, -0.1) is 11.3 Å². The molecular weight excluding hydrogens is 327 g/mol.